The molecule has 6 nitrogen and oxygen atoms in total. The zero-order chi connectivity index (χ0) is 15.6. The van der Waals surface area contributed by atoms with Crippen LogP contribution in [0.3, 0.4) is 0 Å². The lowest BCUT2D eigenvalue weighted by molar-refractivity contribution is 0.415. The van der Waals surface area contributed by atoms with Crippen molar-refractivity contribution in [2.45, 2.75) is 6.54 Å². The lowest BCUT2D eigenvalue weighted by atomic mass is 10.1. The van der Waals surface area contributed by atoms with Gasteiger partial charge in [0.05, 0.1) is 7.11 Å². The number of methoxy groups -OCH3 is 1. The maximum absolute atomic E-state index is 5.81. The van der Waals surface area contributed by atoms with Crippen LogP contribution in [0.25, 0.3) is 22.6 Å². The molecule has 114 valence electrons. The van der Waals surface area contributed by atoms with Gasteiger partial charge in [-0.3, -0.25) is 0 Å². The van der Waals surface area contributed by atoms with Crippen LogP contribution in [-0.4, -0.2) is 26.9 Å². The molecule has 0 aliphatic rings. The summed E-state index contributed by atoms with van der Waals surface area (Å²) in [6.07, 6.45) is 3.39. The number of rotatable bonds is 4. The van der Waals surface area contributed by atoms with Crippen LogP contribution in [0.4, 0.5) is 0 Å². The molecular weight excluding hydrogens is 292 g/mol. The lowest BCUT2D eigenvalue weighted by Gasteiger charge is -2.02. The van der Waals surface area contributed by atoms with E-state index in [1.807, 2.05) is 47.0 Å². The number of benzene rings is 2. The number of hydrogen-bond acceptors (Lipinski definition) is 5. The first-order valence-corrected chi connectivity index (χ1v) is 7.18. The van der Waals surface area contributed by atoms with Crippen LogP contribution in [0.1, 0.15) is 5.56 Å². The van der Waals surface area contributed by atoms with Crippen LogP contribution in [0.2, 0.25) is 0 Å². The Hall–Kier alpha value is -3.15. The van der Waals surface area contributed by atoms with Gasteiger partial charge in [0, 0.05) is 18.2 Å². The van der Waals surface area contributed by atoms with Crippen molar-refractivity contribution >= 4 is 11.1 Å². The Morgan fingerprint density at radius 1 is 1.04 bits per heavy atom. The van der Waals surface area contributed by atoms with Crippen LogP contribution < -0.4 is 4.74 Å². The average molecular weight is 306 g/mol. The smallest absolute Gasteiger partial charge is 0.227 e. The molecule has 0 saturated heterocycles. The Kier molecular flexibility index (Phi) is 3.27. The molecule has 0 bridgehead atoms. The van der Waals surface area contributed by atoms with Gasteiger partial charge in [-0.05, 0) is 29.8 Å². The highest BCUT2D eigenvalue weighted by Gasteiger charge is 2.09. The number of oxazole rings is 1. The van der Waals surface area contributed by atoms with Gasteiger partial charge >= 0.3 is 0 Å². The predicted molar refractivity (Wildman–Crippen MR) is 85.1 cm³/mol. The highest BCUT2D eigenvalue weighted by Crippen LogP contribution is 2.27. The molecule has 23 heavy (non-hydrogen) atoms. The summed E-state index contributed by atoms with van der Waals surface area (Å²) in [5, 5.41) is 7.60. The first-order valence-electron chi connectivity index (χ1n) is 7.18. The maximum atomic E-state index is 5.81. The third-order valence-electron chi connectivity index (χ3n) is 3.63. The maximum Gasteiger partial charge on any atom is 0.227 e. The van der Waals surface area contributed by atoms with Crippen molar-refractivity contribution in [3.63, 3.8) is 0 Å². The van der Waals surface area contributed by atoms with Crippen molar-refractivity contribution in [3.8, 4) is 17.2 Å². The molecule has 0 radical (unpaired) electrons. The molecule has 4 aromatic rings. The van der Waals surface area contributed by atoms with Crippen LogP contribution >= 0.6 is 0 Å². The third kappa shape index (κ3) is 2.66. The van der Waals surface area contributed by atoms with E-state index in [1.165, 1.54) is 0 Å². The van der Waals surface area contributed by atoms with E-state index in [0.29, 0.717) is 5.89 Å². The van der Waals surface area contributed by atoms with Crippen LogP contribution in [0.5, 0.6) is 5.75 Å². The summed E-state index contributed by atoms with van der Waals surface area (Å²) in [5.41, 5.74) is 3.63. The fourth-order valence-corrected chi connectivity index (χ4v) is 2.42. The average Bonchev–Trinajstić information content (AvgIpc) is 3.24. The molecule has 4 rings (SSSR count). The van der Waals surface area contributed by atoms with Gasteiger partial charge in [-0.2, -0.15) is 0 Å². The molecule has 2 aromatic carbocycles. The molecule has 0 unspecified atom stereocenters. The molecular formula is C17H14N4O2. The molecule has 0 aliphatic carbocycles. The first-order chi connectivity index (χ1) is 11.3. The monoisotopic (exact) mass is 306 g/mol. The Morgan fingerprint density at radius 3 is 2.57 bits per heavy atom. The summed E-state index contributed by atoms with van der Waals surface area (Å²) >= 11 is 0. The first kappa shape index (κ1) is 13.5. The van der Waals surface area contributed by atoms with Crippen molar-refractivity contribution in [3.05, 3.63) is 60.7 Å². The largest absolute Gasteiger partial charge is 0.497 e. The van der Waals surface area contributed by atoms with Crippen molar-refractivity contribution < 1.29 is 9.15 Å². The molecule has 6 heteroatoms. The second kappa shape index (κ2) is 5.57. The van der Waals surface area contributed by atoms with Gasteiger partial charge in [-0.1, -0.05) is 12.1 Å². The number of ether oxygens (including phenoxy) is 1. The zero-order valence-corrected chi connectivity index (χ0v) is 12.5. The second-order valence-corrected chi connectivity index (χ2v) is 5.18. The van der Waals surface area contributed by atoms with E-state index in [1.54, 1.807) is 19.8 Å². The van der Waals surface area contributed by atoms with Crippen LogP contribution in [-0.2, 0) is 6.54 Å². The topological polar surface area (TPSA) is 66.0 Å². The Labute approximate surface area is 132 Å². The van der Waals surface area contributed by atoms with Gasteiger partial charge in [-0.15, -0.1) is 10.2 Å². The summed E-state index contributed by atoms with van der Waals surface area (Å²) in [5.74, 6) is 1.37. The normalized spacial score (nSPS) is 11.0. The summed E-state index contributed by atoms with van der Waals surface area (Å²) in [4.78, 5) is 4.53. The quantitative estimate of drug-likeness (QED) is 0.579. The molecule has 0 spiro atoms. The minimum Gasteiger partial charge on any atom is -0.497 e. The Bertz CT molecular complexity index is 927. The molecule has 2 heterocycles. The number of nitrogens with zero attached hydrogens (tertiary/aromatic N) is 4. The second-order valence-electron chi connectivity index (χ2n) is 5.18. The minimum atomic E-state index is 0.601. The summed E-state index contributed by atoms with van der Waals surface area (Å²) in [7, 11) is 1.64. The molecule has 0 amide bonds. The number of fused-ring (bicyclic) bond motifs is 1. The Balaban J connectivity index is 1.62. The van der Waals surface area contributed by atoms with Gasteiger partial charge < -0.3 is 13.7 Å². The molecule has 0 saturated carbocycles. The van der Waals surface area contributed by atoms with Gasteiger partial charge in [0.1, 0.15) is 23.9 Å². The molecule has 0 N–H and O–H groups in total. The fraction of sp³-hybridized carbons (Fsp3) is 0.118. The third-order valence-corrected chi connectivity index (χ3v) is 3.63. The van der Waals surface area contributed by atoms with Crippen molar-refractivity contribution in [1.29, 1.82) is 0 Å². The summed E-state index contributed by atoms with van der Waals surface area (Å²) < 4.78 is 12.9. The Morgan fingerprint density at radius 2 is 1.83 bits per heavy atom. The van der Waals surface area contributed by atoms with Gasteiger partial charge in [0.2, 0.25) is 5.89 Å². The molecule has 2 aromatic heterocycles. The van der Waals surface area contributed by atoms with E-state index in [-0.39, 0.29) is 0 Å². The van der Waals surface area contributed by atoms with Crippen molar-refractivity contribution in [2.24, 2.45) is 0 Å². The van der Waals surface area contributed by atoms with Gasteiger partial charge in [-0.25, -0.2) is 4.98 Å². The van der Waals surface area contributed by atoms with Crippen LogP contribution in [0, 0.1) is 0 Å². The van der Waals surface area contributed by atoms with E-state index in [9.17, 15) is 0 Å². The van der Waals surface area contributed by atoms with Gasteiger partial charge in [0.25, 0.3) is 0 Å². The van der Waals surface area contributed by atoms with E-state index in [2.05, 4.69) is 15.2 Å². The summed E-state index contributed by atoms with van der Waals surface area (Å²) in [6, 6.07) is 13.7. The number of aromatic nitrogens is 4. The predicted octanol–water partition coefficient (Wildman–Crippen LogP) is 3.14. The molecule has 0 aliphatic heterocycles. The SMILES string of the molecule is COc1ccc2oc(-c3ccc(Cn4cnnc4)cc3)nc2c1. The van der Waals surface area contributed by atoms with Gasteiger partial charge in [0.15, 0.2) is 5.58 Å². The standard InChI is InChI=1S/C17H14N4O2/c1-22-14-6-7-16-15(8-14)20-17(23-16)13-4-2-12(3-5-13)9-21-10-18-19-11-21/h2-8,10-11H,9H2,1H3. The fourth-order valence-electron chi connectivity index (χ4n) is 2.42. The van der Waals surface area contributed by atoms with E-state index < -0.39 is 0 Å². The highest BCUT2D eigenvalue weighted by atomic mass is 16.5. The van der Waals surface area contributed by atoms with Crippen molar-refractivity contribution in [2.75, 3.05) is 7.11 Å². The number of hydrogen-bond donors (Lipinski definition) is 0. The molecule has 0 atom stereocenters. The minimum absolute atomic E-state index is 0.601. The van der Waals surface area contributed by atoms with E-state index >= 15 is 0 Å². The van der Waals surface area contributed by atoms with Crippen LogP contribution in [0.15, 0.2) is 59.5 Å². The molecule has 0 fully saturated rings. The summed E-state index contributed by atoms with van der Waals surface area (Å²) in [6.45, 7) is 0.734. The van der Waals surface area contributed by atoms with E-state index in [4.69, 9.17) is 9.15 Å². The lowest BCUT2D eigenvalue weighted by Crippen LogP contribution is -1.96. The highest BCUT2D eigenvalue weighted by molar-refractivity contribution is 5.77. The van der Waals surface area contributed by atoms with Crippen molar-refractivity contribution in [1.82, 2.24) is 19.7 Å². The van der Waals surface area contributed by atoms with E-state index in [0.717, 1.165) is 34.5 Å². The zero-order valence-electron chi connectivity index (χ0n) is 12.5.